The molecule has 0 unspecified atom stereocenters. The molecule has 1 heterocycles. The summed E-state index contributed by atoms with van der Waals surface area (Å²) in [5.41, 5.74) is 1.20. The molecule has 0 aliphatic heterocycles. The molecule has 2 rings (SSSR count). The number of aromatic nitrogens is 1. The molecule has 1 N–H and O–H groups in total. The molecule has 0 bridgehead atoms. The van der Waals surface area contributed by atoms with E-state index in [9.17, 15) is 10.1 Å². The van der Waals surface area contributed by atoms with E-state index in [0.717, 1.165) is 0 Å². The van der Waals surface area contributed by atoms with Gasteiger partial charge in [-0.05, 0) is 24.1 Å². The van der Waals surface area contributed by atoms with E-state index in [-0.39, 0.29) is 23.9 Å². The van der Waals surface area contributed by atoms with Gasteiger partial charge in [0.2, 0.25) is 11.6 Å². The number of benzene rings is 1. The summed E-state index contributed by atoms with van der Waals surface area (Å²) in [6.07, 6.45) is 1.46. The number of nitrogens with zero attached hydrogens (tertiary/aromatic N) is 2. The predicted molar refractivity (Wildman–Crippen MR) is 68.1 cm³/mol. The summed E-state index contributed by atoms with van der Waals surface area (Å²) in [7, 11) is 0. The molecule has 0 spiro atoms. The van der Waals surface area contributed by atoms with E-state index >= 15 is 0 Å². The fraction of sp³-hybridized carbons (Fsp3) is 0.154. The van der Waals surface area contributed by atoms with Gasteiger partial charge in [0.25, 0.3) is 0 Å². The minimum absolute atomic E-state index is 0.104. The fourth-order valence-corrected chi connectivity index (χ4v) is 1.58. The Hall–Kier alpha value is -2.47. The number of aliphatic hydroxyl groups is 1. The first-order valence-electron chi connectivity index (χ1n) is 5.59. The van der Waals surface area contributed by atoms with Crippen molar-refractivity contribution < 1.29 is 14.8 Å². The zero-order valence-corrected chi connectivity index (χ0v) is 10.2. The minimum atomic E-state index is -0.496. The Morgan fingerprint density at radius 3 is 2.74 bits per heavy atom. The van der Waals surface area contributed by atoms with Crippen molar-refractivity contribution in [3.8, 4) is 11.6 Å². The molecule has 2 aromatic rings. The molecule has 0 aliphatic rings. The summed E-state index contributed by atoms with van der Waals surface area (Å²) >= 11 is 0. The Kier molecular flexibility index (Phi) is 3.72. The molecule has 0 saturated carbocycles. The maximum absolute atomic E-state index is 10.9. The van der Waals surface area contributed by atoms with Gasteiger partial charge in [-0.1, -0.05) is 12.1 Å². The van der Waals surface area contributed by atoms with Crippen molar-refractivity contribution in [1.82, 2.24) is 4.98 Å². The Morgan fingerprint density at radius 1 is 1.37 bits per heavy atom. The topological polar surface area (TPSA) is 85.5 Å². The maximum Gasteiger partial charge on any atom is 0.311 e. The van der Waals surface area contributed by atoms with Crippen LogP contribution in [0.3, 0.4) is 0 Å². The second kappa shape index (κ2) is 5.45. The lowest BCUT2D eigenvalue weighted by Crippen LogP contribution is -1.97. The van der Waals surface area contributed by atoms with Crippen molar-refractivity contribution in [2.45, 2.75) is 13.5 Å². The van der Waals surface area contributed by atoms with Crippen LogP contribution in [0.1, 0.15) is 11.1 Å². The van der Waals surface area contributed by atoms with E-state index in [1.54, 1.807) is 31.2 Å². The molecule has 98 valence electrons. The van der Waals surface area contributed by atoms with Crippen molar-refractivity contribution in [3.63, 3.8) is 0 Å². The van der Waals surface area contributed by atoms with Crippen LogP contribution in [0.2, 0.25) is 0 Å². The molecule has 19 heavy (non-hydrogen) atoms. The monoisotopic (exact) mass is 260 g/mol. The average Bonchev–Trinajstić information content (AvgIpc) is 2.41. The van der Waals surface area contributed by atoms with Crippen LogP contribution in [-0.2, 0) is 6.61 Å². The molecule has 6 nitrogen and oxygen atoms in total. The highest BCUT2D eigenvalue weighted by molar-refractivity contribution is 5.52. The lowest BCUT2D eigenvalue weighted by molar-refractivity contribution is -0.385. The summed E-state index contributed by atoms with van der Waals surface area (Å²) in [5, 5.41) is 19.8. The number of rotatable bonds is 4. The van der Waals surface area contributed by atoms with Gasteiger partial charge in [0.05, 0.1) is 11.5 Å². The second-order valence-corrected chi connectivity index (χ2v) is 3.95. The third-order valence-corrected chi connectivity index (χ3v) is 2.57. The van der Waals surface area contributed by atoms with Crippen molar-refractivity contribution in [1.29, 1.82) is 0 Å². The van der Waals surface area contributed by atoms with Crippen molar-refractivity contribution in [2.24, 2.45) is 0 Å². The molecular formula is C13H12N2O4. The van der Waals surface area contributed by atoms with Crippen LogP contribution in [0.15, 0.2) is 36.5 Å². The molecule has 0 atom stereocenters. The Labute approximate surface area is 109 Å². The fourth-order valence-electron chi connectivity index (χ4n) is 1.58. The van der Waals surface area contributed by atoms with Crippen LogP contribution in [0.25, 0.3) is 0 Å². The molecule has 1 aromatic heterocycles. The van der Waals surface area contributed by atoms with Crippen molar-refractivity contribution >= 4 is 5.69 Å². The van der Waals surface area contributed by atoms with Gasteiger partial charge in [-0.25, -0.2) is 4.98 Å². The van der Waals surface area contributed by atoms with Gasteiger partial charge in [-0.15, -0.1) is 0 Å². The third-order valence-electron chi connectivity index (χ3n) is 2.57. The first-order chi connectivity index (χ1) is 9.11. The highest BCUT2D eigenvalue weighted by Gasteiger charge is 2.18. The highest BCUT2D eigenvalue weighted by atomic mass is 16.6. The quantitative estimate of drug-likeness (QED) is 0.674. The largest absolute Gasteiger partial charge is 0.432 e. The SMILES string of the molecule is Cc1cccc([N+](=O)[O-])c1Oc1ccc(CO)cn1. The van der Waals surface area contributed by atoms with E-state index in [2.05, 4.69) is 4.98 Å². The van der Waals surface area contributed by atoms with Crippen molar-refractivity contribution in [2.75, 3.05) is 0 Å². The van der Waals surface area contributed by atoms with Crippen LogP contribution in [0.5, 0.6) is 11.6 Å². The first kappa shape index (κ1) is 13.0. The molecule has 1 aromatic carbocycles. The van der Waals surface area contributed by atoms with E-state index in [1.165, 1.54) is 12.3 Å². The number of ether oxygens (including phenoxy) is 1. The molecule has 0 aliphatic carbocycles. The van der Waals surface area contributed by atoms with E-state index in [1.807, 2.05) is 0 Å². The molecular weight excluding hydrogens is 248 g/mol. The Balaban J connectivity index is 2.34. The number of aliphatic hydroxyl groups excluding tert-OH is 1. The van der Waals surface area contributed by atoms with Gasteiger partial charge in [-0.3, -0.25) is 10.1 Å². The molecule has 0 amide bonds. The first-order valence-corrected chi connectivity index (χ1v) is 5.59. The Bertz CT molecular complexity index is 596. The lowest BCUT2D eigenvalue weighted by atomic mass is 10.2. The van der Waals surface area contributed by atoms with Gasteiger partial charge in [-0.2, -0.15) is 0 Å². The predicted octanol–water partition coefficient (Wildman–Crippen LogP) is 2.58. The van der Waals surface area contributed by atoms with Gasteiger partial charge >= 0.3 is 5.69 Å². The van der Waals surface area contributed by atoms with Crippen LogP contribution in [-0.4, -0.2) is 15.0 Å². The maximum atomic E-state index is 10.9. The van der Waals surface area contributed by atoms with E-state index in [0.29, 0.717) is 11.1 Å². The van der Waals surface area contributed by atoms with E-state index in [4.69, 9.17) is 9.84 Å². The normalized spacial score (nSPS) is 10.2. The van der Waals surface area contributed by atoms with Crippen LogP contribution >= 0.6 is 0 Å². The summed E-state index contributed by atoms with van der Waals surface area (Å²) in [5.74, 6) is 0.423. The summed E-state index contributed by atoms with van der Waals surface area (Å²) in [6.45, 7) is 1.61. The standard InChI is InChI=1S/C13H12N2O4/c1-9-3-2-4-11(15(17)18)13(9)19-12-6-5-10(8-16)7-14-12/h2-7,16H,8H2,1H3. The van der Waals surface area contributed by atoms with Crippen LogP contribution in [0, 0.1) is 17.0 Å². The van der Waals surface area contributed by atoms with Crippen LogP contribution < -0.4 is 4.74 Å². The minimum Gasteiger partial charge on any atom is -0.432 e. The highest BCUT2D eigenvalue weighted by Crippen LogP contribution is 2.33. The number of pyridine rings is 1. The summed E-state index contributed by atoms with van der Waals surface area (Å²) < 4.78 is 5.47. The van der Waals surface area contributed by atoms with Gasteiger partial charge in [0.1, 0.15) is 0 Å². The molecule has 0 fully saturated rings. The van der Waals surface area contributed by atoms with Crippen LogP contribution in [0.4, 0.5) is 5.69 Å². The number of para-hydroxylation sites is 1. The number of nitro groups is 1. The van der Waals surface area contributed by atoms with Gasteiger partial charge < -0.3 is 9.84 Å². The average molecular weight is 260 g/mol. The second-order valence-electron chi connectivity index (χ2n) is 3.95. The lowest BCUT2D eigenvalue weighted by Gasteiger charge is -2.08. The third kappa shape index (κ3) is 2.86. The summed E-state index contributed by atoms with van der Waals surface area (Å²) in [4.78, 5) is 14.4. The van der Waals surface area contributed by atoms with Gasteiger partial charge in [0.15, 0.2) is 0 Å². The molecule has 0 radical (unpaired) electrons. The summed E-state index contributed by atoms with van der Waals surface area (Å²) in [6, 6.07) is 7.91. The molecule has 6 heteroatoms. The molecule has 0 saturated heterocycles. The number of hydrogen-bond acceptors (Lipinski definition) is 5. The zero-order valence-electron chi connectivity index (χ0n) is 10.2. The van der Waals surface area contributed by atoms with Crippen molar-refractivity contribution in [3.05, 3.63) is 57.8 Å². The van der Waals surface area contributed by atoms with E-state index < -0.39 is 4.92 Å². The number of nitro benzene ring substituents is 1. The Morgan fingerprint density at radius 2 is 2.16 bits per heavy atom. The number of aryl methyl sites for hydroxylation is 1. The smallest absolute Gasteiger partial charge is 0.311 e. The van der Waals surface area contributed by atoms with Gasteiger partial charge in [0, 0.05) is 18.3 Å². The zero-order chi connectivity index (χ0) is 13.8. The number of hydrogen-bond donors (Lipinski definition) is 1.